The second kappa shape index (κ2) is 5.96. The van der Waals surface area contributed by atoms with Crippen molar-refractivity contribution in [2.45, 2.75) is 6.54 Å². The molecule has 0 bridgehead atoms. The van der Waals surface area contributed by atoms with Crippen molar-refractivity contribution < 1.29 is 9.31 Å². The number of aromatic nitrogens is 1. The molecule has 0 atom stereocenters. The zero-order valence-electron chi connectivity index (χ0n) is 10.6. The van der Waals surface area contributed by atoms with Crippen LogP contribution in [-0.4, -0.2) is 17.0 Å². The predicted molar refractivity (Wildman–Crippen MR) is 77.1 cm³/mol. The van der Waals surface area contributed by atoms with Crippen LogP contribution in [0.5, 0.6) is 0 Å². The lowest BCUT2D eigenvalue weighted by Gasteiger charge is -2.18. The highest BCUT2D eigenvalue weighted by molar-refractivity contribution is 9.10. The van der Waals surface area contributed by atoms with Crippen LogP contribution in [0.1, 0.15) is 5.56 Å². The number of rotatable bonds is 4. The third kappa shape index (κ3) is 3.30. The van der Waals surface area contributed by atoms with Gasteiger partial charge in [-0.05, 0) is 33.6 Å². The Morgan fingerprint density at radius 2 is 2.20 bits per heavy atom. The highest BCUT2D eigenvalue weighted by Gasteiger charge is 2.19. The first-order valence-corrected chi connectivity index (χ1v) is 6.52. The molecule has 0 aliphatic carbocycles. The fraction of sp³-hybridized carbons (Fsp3) is 0.154. The van der Waals surface area contributed by atoms with E-state index in [1.165, 1.54) is 24.4 Å². The Labute approximate surface area is 123 Å². The Kier molecular flexibility index (Phi) is 4.29. The molecule has 5 nitrogen and oxygen atoms in total. The van der Waals surface area contributed by atoms with Gasteiger partial charge in [-0.25, -0.2) is 9.37 Å². The summed E-state index contributed by atoms with van der Waals surface area (Å²) in [4.78, 5) is 16.2. The van der Waals surface area contributed by atoms with Crippen LogP contribution in [0.4, 0.5) is 15.9 Å². The Balaban J connectivity index is 2.29. The molecule has 2 aromatic rings. The van der Waals surface area contributed by atoms with Gasteiger partial charge in [-0.1, -0.05) is 12.1 Å². The van der Waals surface area contributed by atoms with E-state index in [-0.39, 0.29) is 17.3 Å². The van der Waals surface area contributed by atoms with Gasteiger partial charge < -0.3 is 4.90 Å². The molecule has 2 rings (SSSR count). The van der Waals surface area contributed by atoms with Gasteiger partial charge >= 0.3 is 5.69 Å². The minimum Gasteiger partial charge on any atom is -0.350 e. The third-order valence-corrected chi connectivity index (χ3v) is 3.11. The molecule has 0 amide bonds. The number of nitro groups is 1. The first-order chi connectivity index (χ1) is 9.47. The molecular formula is C13H11BrFN3O2. The van der Waals surface area contributed by atoms with Gasteiger partial charge in [0.25, 0.3) is 0 Å². The number of nitrogens with zero attached hydrogens (tertiary/aromatic N) is 3. The molecule has 0 spiro atoms. The van der Waals surface area contributed by atoms with E-state index in [9.17, 15) is 14.5 Å². The topological polar surface area (TPSA) is 59.3 Å². The highest BCUT2D eigenvalue weighted by Crippen LogP contribution is 2.28. The summed E-state index contributed by atoms with van der Waals surface area (Å²) < 4.78 is 13.7. The average Bonchev–Trinajstić information content (AvgIpc) is 2.38. The molecule has 7 heteroatoms. The summed E-state index contributed by atoms with van der Waals surface area (Å²) in [5.41, 5.74) is 0.616. The van der Waals surface area contributed by atoms with Gasteiger partial charge in [0.15, 0.2) is 0 Å². The molecule has 0 fully saturated rings. The minimum absolute atomic E-state index is 0.0988. The average molecular weight is 340 g/mol. The van der Waals surface area contributed by atoms with E-state index in [0.717, 1.165) is 0 Å². The molecule has 0 aliphatic heterocycles. The van der Waals surface area contributed by atoms with Gasteiger partial charge in [-0.2, -0.15) is 0 Å². The zero-order chi connectivity index (χ0) is 14.7. The number of anilines is 1. The molecule has 0 aliphatic rings. The van der Waals surface area contributed by atoms with Crippen molar-refractivity contribution in [2.75, 3.05) is 11.9 Å². The number of hydrogen-bond acceptors (Lipinski definition) is 4. The lowest BCUT2D eigenvalue weighted by Crippen LogP contribution is -2.19. The Morgan fingerprint density at radius 1 is 1.45 bits per heavy atom. The van der Waals surface area contributed by atoms with Crippen molar-refractivity contribution in [2.24, 2.45) is 0 Å². The summed E-state index contributed by atoms with van der Waals surface area (Å²) in [5, 5.41) is 11.0. The van der Waals surface area contributed by atoms with Crippen LogP contribution >= 0.6 is 15.9 Å². The van der Waals surface area contributed by atoms with E-state index in [4.69, 9.17) is 0 Å². The van der Waals surface area contributed by atoms with Crippen LogP contribution in [0.25, 0.3) is 0 Å². The highest BCUT2D eigenvalue weighted by atomic mass is 79.9. The van der Waals surface area contributed by atoms with Crippen LogP contribution < -0.4 is 4.90 Å². The summed E-state index contributed by atoms with van der Waals surface area (Å²) in [6.45, 7) is 0.327. The maximum atomic E-state index is 13.1. The molecule has 0 radical (unpaired) electrons. The van der Waals surface area contributed by atoms with Gasteiger partial charge in [0.1, 0.15) is 5.82 Å². The maximum Gasteiger partial charge on any atom is 0.312 e. The van der Waals surface area contributed by atoms with Gasteiger partial charge in [0, 0.05) is 30.3 Å². The number of pyridine rings is 1. The molecule has 0 unspecified atom stereocenters. The smallest absolute Gasteiger partial charge is 0.312 e. The third-order valence-electron chi connectivity index (χ3n) is 2.68. The zero-order valence-corrected chi connectivity index (χ0v) is 12.2. The fourth-order valence-corrected chi connectivity index (χ4v) is 2.15. The first-order valence-electron chi connectivity index (χ1n) is 5.73. The van der Waals surface area contributed by atoms with Crippen molar-refractivity contribution in [3.05, 3.63) is 62.5 Å². The number of halogens is 2. The lowest BCUT2D eigenvalue weighted by molar-refractivity contribution is -0.384. The second-order valence-electron chi connectivity index (χ2n) is 4.24. The molecule has 1 aromatic carbocycles. The van der Waals surface area contributed by atoms with Gasteiger partial charge in [-0.15, -0.1) is 0 Å². The summed E-state index contributed by atoms with van der Waals surface area (Å²) in [6, 6.07) is 7.49. The van der Waals surface area contributed by atoms with Crippen LogP contribution in [-0.2, 0) is 6.54 Å². The van der Waals surface area contributed by atoms with E-state index in [1.54, 1.807) is 24.1 Å². The molecule has 0 N–H and O–H groups in total. The van der Waals surface area contributed by atoms with Gasteiger partial charge in [0.2, 0.25) is 5.82 Å². The Bertz CT molecular complexity index is 651. The Morgan fingerprint density at radius 3 is 2.85 bits per heavy atom. The van der Waals surface area contributed by atoms with Crippen molar-refractivity contribution in [3.8, 4) is 0 Å². The quantitative estimate of drug-likeness (QED) is 0.631. The first kappa shape index (κ1) is 14.4. The van der Waals surface area contributed by atoms with E-state index >= 15 is 0 Å². The van der Waals surface area contributed by atoms with Gasteiger partial charge in [-0.3, -0.25) is 10.1 Å². The SMILES string of the molecule is CN(Cc1cccc(F)c1)c1ncc(Br)cc1[N+](=O)[O-]. The number of hydrogen-bond donors (Lipinski definition) is 0. The maximum absolute atomic E-state index is 13.1. The van der Waals surface area contributed by atoms with Crippen LogP contribution in [0.2, 0.25) is 0 Å². The van der Waals surface area contributed by atoms with E-state index in [2.05, 4.69) is 20.9 Å². The Hall–Kier alpha value is -2.02. The molecule has 0 saturated carbocycles. The van der Waals surface area contributed by atoms with Crippen LogP contribution in [0.3, 0.4) is 0 Å². The van der Waals surface area contributed by atoms with Crippen molar-refractivity contribution in [1.29, 1.82) is 0 Å². The lowest BCUT2D eigenvalue weighted by atomic mass is 10.2. The molecular weight excluding hydrogens is 329 g/mol. The molecule has 0 saturated heterocycles. The van der Waals surface area contributed by atoms with E-state index < -0.39 is 4.92 Å². The molecule has 104 valence electrons. The standard InChI is InChI=1S/C13H11BrFN3O2/c1-17(8-9-3-2-4-11(15)5-9)13-12(18(19)20)6-10(14)7-16-13/h2-7H,8H2,1H3. The number of benzene rings is 1. The second-order valence-corrected chi connectivity index (χ2v) is 5.16. The summed E-state index contributed by atoms with van der Waals surface area (Å²) >= 11 is 3.16. The largest absolute Gasteiger partial charge is 0.350 e. The normalized spacial score (nSPS) is 10.3. The molecule has 1 aromatic heterocycles. The monoisotopic (exact) mass is 339 g/mol. The minimum atomic E-state index is -0.491. The van der Waals surface area contributed by atoms with Crippen LogP contribution in [0.15, 0.2) is 41.0 Å². The molecule has 20 heavy (non-hydrogen) atoms. The predicted octanol–water partition coefficient (Wildman–Crippen LogP) is 3.53. The van der Waals surface area contributed by atoms with Crippen molar-refractivity contribution in [1.82, 2.24) is 4.98 Å². The summed E-state index contributed by atoms with van der Waals surface area (Å²) in [5.74, 6) is -0.100. The van der Waals surface area contributed by atoms with E-state index in [1.807, 2.05) is 0 Å². The summed E-state index contributed by atoms with van der Waals surface area (Å²) in [7, 11) is 1.67. The van der Waals surface area contributed by atoms with Crippen LogP contribution in [0, 0.1) is 15.9 Å². The van der Waals surface area contributed by atoms with Crippen molar-refractivity contribution >= 4 is 27.4 Å². The van der Waals surface area contributed by atoms with E-state index in [0.29, 0.717) is 16.6 Å². The van der Waals surface area contributed by atoms with Gasteiger partial charge in [0.05, 0.1) is 4.92 Å². The van der Waals surface area contributed by atoms with Crippen molar-refractivity contribution in [3.63, 3.8) is 0 Å². The molecule has 1 heterocycles. The summed E-state index contributed by atoms with van der Waals surface area (Å²) in [6.07, 6.45) is 1.49. The fourth-order valence-electron chi connectivity index (χ4n) is 1.83.